The SMILES string of the molecule is CCOc1cccc(N2C(=O)/C(=C/c3cc(C)n(-c4c(C)cccc4CC)c3C)C(=O)NC2=S)c1. The predicted molar refractivity (Wildman–Crippen MR) is 143 cm³/mol. The normalized spacial score (nSPS) is 15.1. The maximum Gasteiger partial charge on any atom is 0.270 e. The summed E-state index contributed by atoms with van der Waals surface area (Å²) in [5.74, 6) is -0.356. The van der Waals surface area contributed by atoms with Crippen LogP contribution < -0.4 is 15.0 Å². The zero-order valence-corrected chi connectivity index (χ0v) is 21.5. The summed E-state index contributed by atoms with van der Waals surface area (Å²) in [6.07, 6.45) is 2.56. The van der Waals surface area contributed by atoms with Crippen LogP contribution in [0.3, 0.4) is 0 Å². The molecule has 6 nitrogen and oxygen atoms in total. The fourth-order valence-corrected chi connectivity index (χ4v) is 4.81. The van der Waals surface area contributed by atoms with Gasteiger partial charge in [0.25, 0.3) is 11.8 Å². The van der Waals surface area contributed by atoms with Gasteiger partial charge in [-0.1, -0.05) is 31.2 Å². The molecular weight excluding hydrogens is 458 g/mol. The van der Waals surface area contributed by atoms with Crippen molar-refractivity contribution in [3.8, 4) is 11.4 Å². The molecule has 2 aromatic carbocycles. The lowest BCUT2D eigenvalue weighted by Crippen LogP contribution is -2.54. The Morgan fingerprint density at radius 3 is 2.49 bits per heavy atom. The Morgan fingerprint density at radius 1 is 1.03 bits per heavy atom. The summed E-state index contributed by atoms with van der Waals surface area (Å²) < 4.78 is 7.76. The summed E-state index contributed by atoms with van der Waals surface area (Å²) in [6.45, 7) is 10.7. The van der Waals surface area contributed by atoms with E-state index in [1.807, 2.05) is 32.9 Å². The van der Waals surface area contributed by atoms with E-state index in [2.05, 4.69) is 41.9 Å². The van der Waals surface area contributed by atoms with E-state index in [1.54, 1.807) is 24.3 Å². The van der Waals surface area contributed by atoms with Gasteiger partial charge in [0, 0.05) is 17.5 Å². The van der Waals surface area contributed by atoms with Crippen molar-refractivity contribution in [3.05, 3.63) is 82.2 Å². The molecule has 0 spiro atoms. The van der Waals surface area contributed by atoms with Gasteiger partial charge in [-0.25, -0.2) is 0 Å². The molecular formula is C28H29N3O3S. The molecule has 4 rings (SSSR count). The number of thiocarbonyl (C=S) groups is 1. The number of nitrogens with one attached hydrogen (secondary N) is 1. The van der Waals surface area contributed by atoms with E-state index in [-0.39, 0.29) is 10.7 Å². The number of hydrogen-bond acceptors (Lipinski definition) is 4. The number of para-hydroxylation sites is 1. The third kappa shape index (κ3) is 4.51. The van der Waals surface area contributed by atoms with Crippen molar-refractivity contribution in [2.24, 2.45) is 0 Å². The Hall–Kier alpha value is -3.71. The van der Waals surface area contributed by atoms with Crippen LogP contribution in [-0.2, 0) is 16.0 Å². The Morgan fingerprint density at radius 2 is 1.77 bits per heavy atom. The number of ether oxygens (including phenoxy) is 1. The highest BCUT2D eigenvalue weighted by atomic mass is 32.1. The molecule has 1 aromatic heterocycles. The molecule has 2 amide bonds. The number of carbonyl (C=O) groups is 2. The van der Waals surface area contributed by atoms with Crippen LogP contribution in [0.2, 0.25) is 0 Å². The number of anilines is 1. The van der Waals surface area contributed by atoms with Crippen molar-refractivity contribution >= 4 is 40.9 Å². The highest BCUT2D eigenvalue weighted by Gasteiger charge is 2.35. The molecule has 3 aromatic rings. The molecule has 1 fully saturated rings. The Balaban J connectivity index is 1.78. The summed E-state index contributed by atoms with van der Waals surface area (Å²) in [5.41, 5.74) is 6.91. The van der Waals surface area contributed by atoms with Gasteiger partial charge in [-0.3, -0.25) is 19.8 Å². The van der Waals surface area contributed by atoms with Crippen molar-refractivity contribution in [3.63, 3.8) is 0 Å². The van der Waals surface area contributed by atoms with E-state index >= 15 is 0 Å². The molecule has 0 bridgehead atoms. The minimum atomic E-state index is -0.507. The third-order valence-electron chi connectivity index (χ3n) is 6.18. The molecule has 0 aliphatic carbocycles. The zero-order valence-electron chi connectivity index (χ0n) is 20.6. The quantitative estimate of drug-likeness (QED) is 0.295. The number of aryl methyl sites for hydroxylation is 3. The van der Waals surface area contributed by atoms with Crippen LogP contribution in [-0.4, -0.2) is 28.1 Å². The van der Waals surface area contributed by atoms with Gasteiger partial charge in [0.05, 0.1) is 18.0 Å². The molecule has 0 atom stereocenters. The van der Waals surface area contributed by atoms with Crippen LogP contribution >= 0.6 is 12.2 Å². The molecule has 1 saturated heterocycles. The Labute approximate surface area is 211 Å². The first-order valence-corrected chi connectivity index (χ1v) is 12.1. The average Bonchev–Trinajstić information content (AvgIpc) is 3.09. The lowest BCUT2D eigenvalue weighted by molar-refractivity contribution is -0.122. The summed E-state index contributed by atoms with van der Waals surface area (Å²) in [6, 6.07) is 15.4. The summed E-state index contributed by atoms with van der Waals surface area (Å²) in [7, 11) is 0. The lowest BCUT2D eigenvalue weighted by Gasteiger charge is -2.29. The van der Waals surface area contributed by atoms with Gasteiger partial charge in [-0.05, 0) is 87.3 Å². The van der Waals surface area contributed by atoms with Crippen molar-refractivity contribution in [1.29, 1.82) is 0 Å². The van der Waals surface area contributed by atoms with Gasteiger partial charge >= 0.3 is 0 Å². The number of rotatable bonds is 6. The summed E-state index contributed by atoms with van der Waals surface area (Å²) in [5, 5.41) is 2.71. The van der Waals surface area contributed by atoms with Crippen LogP contribution in [0.4, 0.5) is 5.69 Å². The number of nitrogens with zero attached hydrogens (tertiary/aromatic N) is 2. The van der Waals surface area contributed by atoms with E-state index in [1.165, 1.54) is 16.0 Å². The Kier molecular flexibility index (Phi) is 6.89. The monoisotopic (exact) mass is 487 g/mol. The average molecular weight is 488 g/mol. The van der Waals surface area contributed by atoms with Gasteiger partial charge in [0.15, 0.2) is 5.11 Å². The van der Waals surface area contributed by atoms with Crippen LogP contribution in [0.15, 0.2) is 54.1 Å². The van der Waals surface area contributed by atoms with Crippen molar-refractivity contribution in [2.45, 2.75) is 41.0 Å². The molecule has 0 radical (unpaired) electrons. The van der Waals surface area contributed by atoms with Gasteiger partial charge in [-0.15, -0.1) is 0 Å². The number of aromatic nitrogens is 1. The molecule has 1 N–H and O–H groups in total. The molecule has 1 aliphatic rings. The second kappa shape index (κ2) is 9.88. The van der Waals surface area contributed by atoms with Gasteiger partial charge < -0.3 is 9.30 Å². The topological polar surface area (TPSA) is 63.6 Å². The molecule has 1 aliphatic heterocycles. The fourth-order valence-electron chi connectivity index (χ4n) is 4.53. The van der Waals surface area contributed by atoms with E-state index in [0.29, 0.717) is 18.0 Å². The van der Waals surface area contributed by atoms with Gasteiger partial charge in [0.1, 0.15) is 11.3 Å². The van der Waals surface area contributed by atoms with Crippen molar-refractivity contribution in [1.82, 2.24) is 9.88 Å². The minimum Gasteiger partial charge on any atom is -0.494 e. The van der Waals surface area contributed by atoms with E-state index in [0.717, 1.165) is 29.1 Å². The number of benzene rings is 2. The largest absolute Gasteiger partial charge is 0.494 e. The first kappa shape index (κ1) is 24.4. The molecule has 0 unspecified atom stereocenters. The highest BCUT2D eigenvalue weighted by molar-refractivity contribution is 7.80. The Bertz CT molecular complexity index is 1370. The first-order valence-electron chi connectivity index (χ1n) is 11.7. The van der Waals surface area contributed by atoms with Crippen LogP contribution in [0.5, 0.6) is 5.75 Å². The van der Waals surface area contributed by atoms with Crippen molar-refractivity contribution < 1.29 is 14.3 Å². The van der Waals surface area contributed by atoms with E-state index < -0.39 is 11.8 Å². The first-order chi connectivity index (χ1) is 16.8. The maximum absolute atomic E-state index is 13.5. The second-order valence-electron chi connectivity index (χ2n) is 8.49. The standard InChI is InChI=1S/C28H29N3O3S/c1-6-20-11-8-10-17(3)25(20)30-18(4)14-21(19(30)5)15-24-26(32)29-28(35)31(27(24)33)22-12-9-13-23(16-22)34-7-2/h8-16H,6-7H2,1-5H3,(H,29,32,35)/b24-15+. The maximum atomic E-state index is 13.5. The van der Waals surface area contributed by atoms with E-state index in [4.69, 9.17) is 17.0 Å². The van der Waals surface area contributed by atoms with Crippen LogP contribution in [0, 0.1) is 20.8 Å². The fraction of sp³-hybridized carbons (Fsp3) is 0.250. The third-order valence-corrected chi connectivity index (χ3v) is 6.47. The van der Waals surface area contributed by atoms with E-state index in [9.17, 15) is 9.59 Å². The smallest absolute Gasteiger partial charge is 0.270 e. The molecule has 35 heavy (non-hydrogen) atoms. The molecule has 2 heterocycles. The molecule has 180 valence electrons. The van der Waals surface area contributed by atoms with Crippen LogP contribution in [0.25, 0.3) is 11.8 Å². The van der Waals surface area contributed by atoms with Gasteiger partial charge in [-0.2, -0.15) is 0 Å². The molecule has 7 heteroatoms. The number of amides is 2. The molecule has 0 saturated carbocycles. The predicted octanol–water partition coefficient (Wildman–Crippen LogP) is 5.19. The zero-order chi connectivity index (χ0) is 25.3. The van der Waals surface area contributed by atoms with Gasteiger partial charge in [0.2, 0.25) is 0 Å². The number of carbonyl (C=O) groups excluding carboxylic acids is 2. The lowest BCUT2D eigenvalue weighted by atomic mass is 10.0. The minimum absolute atomic E-state index is 0.0289. The highest BCUT2D eigenvalue weighted by Crippen LogP contribution is 2.30. The second-order valence-corrected chi connectivity index (χ2v) is 8.87. The van der Waals surface area contributed by atoms with Crippen LogP contribution in [0.1, 0.15) is 41.9 Å². The summed E-state index contributed by atoms with van der Waals surface area (Å²) >= 11 is 5.35. The summed E-state index contributed by atoms with van der Waals surface area (Å²) in [4.78, 5) is 27.7. The van der Waals surface area contributed by atoms with Crippen molar-refractivity contribution in [2.75, 3.05) is 11.5 Å². The number of hydrogen-bond donors (Lipinski definition) is 1.